The van der Waals surface area contributed by atoms with Crippen molar-refractivity contribution in [3.05, 3.63) is 35.4 Å². The molecule has 4 nitrogen and oxygen atoms in total. The van der Waals surface area contributed by atoms with E-state index in [1.54, 1.807) is 7.05 Å². The Morgan fingerprint density at radius 3 is 2.64 bits per heavy atom. The van der Waals surface area contributed by atoms with Gasteiger partial charge in [-0.15, -0.1) is 0 Å². The Bertz CT molecular complexity index is 505. The number of halogens is 2. The Kier molecular flexibility index (Phi) is 5.71. The molecule has 122 valence electrons. The maximum absolute atomic E-state index is 13.5. The summed E-state index contributed by atoms with van der Waals surface area (Å²) in [7, 11) is 1.66. The number of carbonyl (C=O) groups is 1. The van der Waals surface area contributed by atoms with Gasteiger partial charge >= 0.3 is 6.03 Å². The maximum Gasteiger partial charge on any atom is 0.317 e. The minimum Gasteiger partial charge on any atom is -0.393 e. The summed E-state index contributed by atoms with van der Waals surface area (Å²) in [6, 6.07) is 3.42. The fraction of sp³-hybridized carbons (Fsp3) is 0.562. The number of benzene rings is 1. The average Bonchev–Trinajstić information content (AvgIpc) is 2.87. The Labute approximate surface area is 129 Å². The van der Waals surface area contributed by atoms with E-state index in [-0.39, 0.29) is 36.6 Å². The molecule has 1 aliphatic carbocycles. The van der Waals surface area contributed by atoms with Crippen molar-refractivity contribution in [3.63, 3.8) is 0 Å². The topological polar surface area (TPSA) is 52.6 Å². The first-order chi connectivity index (χ1) is 10.5. The van der Waals surface area contributed by atoms with Crippen molar-refractivity contribution < 1.29 is 18.7 Å². The summed E-state index contributed by atoms with van der Waals surface area (Å²) >= 11 is 0. The lowest BCUT2D eigenvalue weighted by atomic mass is 10.1. The fourth-order valence-corrected chi connectivity index (χ4v) is 2.87. The van der Waals surface area contributed by atoms with E-state index < -0.39 is 11.6 Å². The quantitative estimate of drug-likeness (QED) is 0.876. The van der Waals surface area contributed by atoms with Crippen molar-refractivity contribution in [1.82, 2.24) is 10.2 Å². The molecule has 0 aliphatic heterocycles. The predicted octanol–water partition coefficient (Wildman–Crippen LogP) is 2.31. The molecule has 0 heterocycles. The van der Waals surface area contributed by atoms with Crippen molar-refractivity contribution in [2.45, 2.75) is 31.8 Å². The molecule has 0 aromatic heterocycles. The zero-order valence-electron chi connectivity index (χ0n) is 12.7. The molecule has 22 heavy (non-hydrogen) atoms. The van der Waals surface area contributed by atoms with Gasteiger partial charge in [0.05, 0.1) is 6.10 Å². The van der Waals surface area contributed by atoms with Crippen molar-refractivity contribution >= 4 is 6.03 Å². The standard InChI is InChI=1S/C16H22F2N2O2/c1-20(10-11-4-2-7-15(11)21)16(22)19-9-8-12-13(17)5-3-6-14(12)18/h3,5-6,11,15,21H,2,4,7-10H2,1H3,(H,19,22). The fourth-order valence-electron chi connectivity index (χ4n) is 2.87. The van der Waals surface area contributed by atoms with E-state index in [9.17, 15) is 18.7 Å². The van der Waals surface area contributed by atoms with Crippen LogP contribution in [0.25, 0.3) is 0 Å². The van der Waals surface area contributed by atoms with Crippen LogP contribution in [0.1, 0.15) is 24.8 Å². The van der Waals surface area contributed by atoms with Gasteiger partial charge in [-0.1, -0.05) is 12.5 Å². The van der Waals surface area contributed by atoms with Crippen LogP contribution in [0.3, 0.4) is 0 Å². The van der Waals surface area contributed by atoms with Gasteiger partial charge in [0.15, 0.2) is 0 Å². The van der Waals surface area contributed by atoms with Gasteiger partial charge in [0, 0.05) is 31.6 Å². The number of carbonyl (C=O) groups excluding carboxylic acids is 1. The number of amides is 2. The van der Waals surface area contributed by atoms with Crippen LogP contribution in [0.2, 0.25) is 0 Å². The molecule has 1 aliphatic rings. The van der Waals surface area contributed by atoms with Crippen molar-refractivity contribution in [2.24, 2.45) is 5.92 Å². The normalized spacial score (nSPS) is 20.9. The zero-order chi connectivity index (χ0) is 16.1. The Morgan fingerprint density at radius 2 is 2.05 bits per heavy atom. The highest BCUT2D eigenvalue weighted by molar-refractivity contribution is 5.73. The van der Waals surface area contributed by atoms with Crippen molar-refractivity contribution in [2.75, 3.05) is 20.1 Å². The van der Waals surface area contributed by atoms with E-state index in [2.05, 4.69) is 5.32 Å². The molecule has 2 N–H and O–H groups in total. The van der Waals surface area contributed by atoms with Crippen LogP contribution in [0.5, 0.6) is 0 Å². The zero-order valence-corrected chi connectivity index (χ0v) is 12.7. The van der Waals surface area contributed by atoms with Gasteiger partial charge in [-0.2, -0.15) is 0 Å². The molecule has 2 unspecified atom stereocenters. The van der Waals surface area contributed by atoms with Crippen molar-refractivity contribution in [1.29, 1.82) is 0 Å². The first kappa shape index (κ1) is 16.7. The highest BCUT2D eigenvalue weighted by Gasteiger charge is 2.27. The summed E-state index contributed by atoms with van der Waals surface area (Å²) in [5.74, 6) is -1.09. The van der Waals surface area contributed by atoms with Crippen LogP contribution in [0.4, 0.5) is 13.6 Å². The molecule has 0 saturated heterocycles. The smallest absolute Gasteiger partial charge is 0.317 e. The first-order valence-electron chi connectivity index (χ1n) is 7.59. The summed E-state index contributed by atoms with van der Waals surface area (Å²) < 4.78 is 26.9. The molecule has 0 radical (unpaired) electrons. The van der Waals surface area contributed by atoms with E-state index in [0.717, 1.165) is 19.3 Å². The molecule has 0 spiro atoms. The number of hydrogen-bond acceptors (Lipinski definition) is 2. The summed E-state index contributed by atoms with van der Waals surface area (Å²) in [5.41, 5.74) is -0.0170. The number of aliphatic hydroxyl groups excluding tert-OH is 1. The molecule has 1 fully saturated rings. The second kappa shape index (κ2) is 7.54. The summed E-state index contributed by atoms with van der Waals surface area (Å²) in [4.78, 5) is 13.5. The molecular weight excluding hydrogens is 290 g/mol. The molecular formula is C16H22F2N2O2. The molecule has 2 rings (SSSR count). The van der Waals surface area contributed by atoms with Crippen molar-refractivity contribution in [3.8, 4) is 0 Å². The van der Waals surface area contributed by atoms with Crippen LogP contribution < -0.4 is 5.32 Å². The van der Waals surface area contributed by atoms with Crippen LogP contribution in [0, 0.1) is 17.6 Å². The second-order valence-electron chi connectivity index (χ2n) is 5.82. The summed E-state index contributed by atoms with van der Waals surface area (Å²) in [6.45, 7) is 0.648. The monoisotopic (exact) mass is 312 g/mol. The van der Waals surface area contributed by atoms with E-state index in [1.807, 2.05) is 0 Å². The predicted molar refractivity (Wildman–Crippen MR) is 79.4 cm³/mol. The third-order valence-electron chi connectivity index (χ3n) is 4.19. The number of nitrogens with zero attached hydrogens (tertiary/aromatic N) is 1. The lowest BCUT2D eigenvalue weighted by Gasteiger charge is -2.23. The third kappa shape index (κ3) is 4.16. The first-order valence-corrected chi connectivity index (χ1v) is 7.59. The molecule has 0 bridgehead atoms. The van der Waals surface area contributed by atoms with Gasteiger partial charge < -0.3 is 15.3 Å². The van der Waals surface area contributed by atoms with Gasteiger partial charge in [0.25, 0.3) is 0 Å². The van der Waals surface area contributed by atoms with Gasteiger partial charge in [-0.3, -0.25) is 0 Å². The number of rotatable bonds is 5. The Balaban J connectivity index is 1.77. The number of aliphatic hydroxyl groups is 1. The van der Waals surface area contributed by atoms with E-state index >= 15 is 0 Å². The number of hydrogen-bond donors (Lipinski definition) is 2. The van der Waals surface area contributed by atoms with E-state index in [4.69, 9.17) is 0 Å². The molecule has 2 amide bonds. The summed E-state index contributed by atoms with van der Waals surface area (Å²) in [6.07, 6.45) is 2.44. The van der Waals surface area contributed by atoms with Crippen LogP contribution in [-0.4, -0.2) is 42.3 Å². The molecule has 6 heteroatoms. The molecule has 1 aromatic rings. The second-order valence-corrected chi connectivity index (χ2v) is 5.82. The number of nitrogens with one attached hydrogen (secondary N) is 1. The van der Waals surface area contributed by atoms with Gasteiger partial charge in [-0.25, -0.2) is 13.6 Å². The number of urea groups is 1. The SMILES string of the molecule is CN(CC1CCCC1O)C(=O)NCCc1c(F)cccc1F. The van der Waals surface area contributed by atoms with Gasteiger partial charge in [-0.05, 0) is 31.4 Å². The Morgan fingerprint density at radius 1 is 1.36 bits per heavy atom. The highest BCUT2D eigenvalue weighted by atomic mass is 19.1. The highest BCUT2D eigenvalue weighted by Crippen LogP contribution is 2.25. The summed E-state index contributed by atoms with van der Waals surface area (Å²) in [5, 5.41) is 12.4. The average molecular weight is 312 g/mol. The van der Waals surface area contributed by atoms with Crippen LogP contribution >= 0.6 is 0 Å². The van der Waals surface area contributed by atoms with Crippen LogP contribution in [-0.2, 0) is 6.42 Å². The minimum atomic E-state index is -0.600. The molecule has 1 saturated carbocycles. The largest absolute Gasteiger partial charge is 0.393 e. The van der Waals surface area contributed by atoms with Gasteiger partial charge in [0.2, 0.25) is 0 Å². The molecule has 2 atom stereocenters. The van der Waals surface area contributed by atoms with E-state index in [0.29, 0.717) is 6.54 Å². The van der Waals surface area contributed by atoms with E-state index in [1.165, 1.54) is 23.1 Å². The molecule has 1 aromatic carbocycles. The maximum atomic E-state index is 13.5. The Hall–Kier alpha value is -1.69. The van der Waals surface area contributed by atoms with Crippen LogP contribution in [0.15, 0.2) is 18.2 Å². The lowest BCUT2D eigenvalue weighted by Crippen LogP contribution is -2.41. The lowest BCUT2D eigenvalue weighted by molar-refractivity contribution is 0.114. The minimum absolute atomic E-state index is 0.0170. The van der Waals surface area contributed by atoms with Gasteiger partial charge in [0.1, 0.15) is 11.6 Å². The third-order valence-corrected chi connectivity index (χ3v) is 4.19.